The van der Waals surface area contributed by atoms with E-state index in [-0.39, 0.29) is 5.56 Å². The molecule has 0 atom stereocenters. The maximum absolute atomic E-state index is 13.2. The second-order valence-electron chi connectivity index (χ2n) is 3.72. The number of benzene rings is 1. The molecule has 0 aliphatic rings. The second kappa shape index (κ2) is 6.12. The molecule has 0 fully saturated rings. The molecule has 1 aromatic rings. The zero-order valence-electron chi connectivity index (χ0n) is 9.66. The minimum atomic E-state index is -0.524. The van der Waals surface area contributed by atoms with Crippen molar-refractivity contribution >= 4 is 0 Å². The van der Waals surface area contributed by atoms with Crippen LogP contribution in [0.25, 0.3) is 0 Å². The highest BCUT2D eigenvalue weighted by Gasteiger charge is 2.10. The van der Waals surface area contributed by atoms with Crippen molar-refractivity contribution in [3.05, 3.63) is 29.6 Å². The molecule has 16 heavy (non-hydrogen) atoms. The predicted octanol–water partition coefficient (Wildman–Crippen LogP) is 3.51. The molecule has 0 aromatic heterocycles. The lowest BCUT2D eigenvalue weighted by Gasteiger charge is -2.14. The number of nitrogens with zero attached hydrogens (tertiary/aromatic N) is 1. The van der Waals surface area contributed by atoms with Gasteiger partial charge in [0, 0.05) is 0 Å². The van der Waals surface area contributed by atoms with Crippen molar-refractivity contribution in [2.24, 2.45) is 5.92 Å². The molecule has 0 aliphatic heterocycles. The van der Waals surface area contributed by atoms with Crippen molar-refractivity contribution in [3.8, 4) is 11.8 Å². The van der Waals surface area contributed by atoms with Gasteiger partial charge < -0.3 is 4.74 Å². The van der Waals surface area contributed by atoms with Gasteiger partial charge in [0.05, 0.1) is 6.61 Å². The van der Waals surface area contributed by atoms with Crippen LogP contribution >= 0.6 is 0 Å². The van der Waals surface area contributed by atoms with Crippen LogP contribution in [0.4, 0.5) is 4.39 Å². The third kappa shape index (κ3) is 2.96. The van der Waals surface area contributed by atoms with E-state index in [1.807, 2.05) is 6.07 Å². The Hall–Kier alpha value is -1.56. The Kier molecular flexibility index (Phi) is 4.78. The van der Waals surface area contributed by atoms with Gasteiger partial charge in [0.15, 0.2) is 0 Å². The largest absolute Gasteiger partial charge is 0.492 e. The van der Waals surface area contributed by atoms with Crippen LogP contribution in [0.15, 0.2) is 18.2 Å². The summed E-state index contributed by atoms with van der Waals surface area (Å²) >= 11 is 0. The topological polar surface area (TPSA) is 33.0 Å². The Morgan fingerprint density at radius 2 is 2.06 bits per heavy atom. The number of rotatable bonds is 5. The first-order chi connectivity index (χ1) is 7.72. The number of halogens is 1. The quantitative estimate of drug-likeness (QED) is 0.762. The lowest BCUT2D eigenvalue weighted by Crippen LogP contribution is -2.11. The molecule has 3 heteroatoms. The lowest BCUT2D eigenvalue weighted by molar-refractivity contribution is 0.239. The molecule has 0 bridgehead atoms. The van der Waals surface area contributed by atoms with E-state index in [0.29, 0.717) is 18.3 Å². The van der Waals surface area contributed by atoms with E-state index in [1.54, 1.807) is 12.1 Å². The van der Waals surface area contributed by atoms with Gasteiger partial charge in [0.1, 0.15) is 23.2 Å². The molecule has 0 N–H and O–H groups in total. The normalized spacial score (nSPS) is 10.2. The smallest absolute Gasteiger partial charge is 0.144 e. The molecule has 0 spiro atoms. The molecule has 1 rings (SSSR count). The maximum atomic E-state index is 13.2. The first-order valence-electron chi connectivity index (χ1n) is 5.54. The van der Waals surface area contributed by atoms with E-state index in [9.17, 15) is 4.39 Å². The standard InChI is InChI=1S/C13H16FNO/c1-3-10(4-2)9-16-13-7-5-6-12(14)11(13)8-15/h5-7,10H,3-4,9H2,1-2H3. The molecule has 0 saturated heterocycles. The van der Waals surface area contributed by atoms with Gasteiger partial charge >= 0.3 is 0 Å². The fourth-order valence-corrected chi connectivity index (χ4v) is 1.47. The summed E-state index contributed by atoms with van der Waals surface area (Å²) in [6, 6.07) is 6.27. The van der Waals surface area contributed by atoms with Gasteiger partial charge in [-0.1, -0.05) is 32.8 Å². The van der Waals surface area contributed by atoms with Gasteiger partial charge in [-0.05, 0) is 18.1 Å². The third-order valence-electron chi connectivity index (χ3n) is 2.72. The van der Waals surface area contributed by atoms with Crippen LogP contribution in [0.3, 0.4) is 0 Å². The molecule has 86 valence electrons. The fraction of sp³-hybridized carbons (Fsp3) is 0.462. The van der Waals surface area contributed by atoms with E-state index in [2.05, 4.69) is 13.8 Å². The van der Waals surface area contributed by atoms with Gasteiger partial charge in [-0.25, -0.2) is 4.39 Å². The zero-order chi connectivity index (χ0) is 12.0. The summed E-state index contributed by atoms with van der Waals surface area (Å²) in [7, 11) is 0. The highest BCUT2D eigenvalue weighted by atomic mass is 19.1. The Balaban J connectivity index is 2.74. The molecule has 1 aromatic carbocycles. The monoisotopic (exact) mass is 221 g/mol. The van der Waals surface area contributed by atoms with Gasteiger partial charge in [0.2, 0.25) is 0 Å². The van der Waals surface area contributed by atoms with Gasteiger partial charge in [-0.15, -0.1) is 0 Å². The Morgan fingerprint density at radius 1 is 1.38 bits per heavy atom. The lowest BCUT2D eigenvalue weighted by atomic mass is 10.1. The Morgan fingerprint density at radius 3 is 2.62 bits per heavy atom. The number of nitriles is 1. The molecular weight excluding hydrogens is 205 g/mol. The van der Waals surface area contributed by atoms with E-state index in [4.69, 9.17) is 10.00 Å². The minimum Gasteiger partial charge on any atom is -0.492 e. The van der Waals surface area contributed by atoms with Crippen LogP contribution in [0.1, 0.15) is 32.3 Å². The highest BCUT2D eigenvalue weighted by Crippen LogP contribution is 2.21. The van der Waals surface area contributed by atoms with Crippen LogP contribution in [0.5, 0.6) is 5.75 Å². The van der Waals surface area contributed by atoms with E-state index >= 15 is 0 Å². The predicted molar refractivity (Wildman–Crippen MR) is 60.7 cm³/mol. The third-order valence-corrected chi connectivity index (χ3v) is 2.72. The summed E-state index contributed by atoms with van der Waals surface area (Å²) < 4.78 is 18.7. The molecular formula is C13H16FNO. The molecule has 0 unspecified atom stereocenters. The van der Waals surface area contributed by atoms with E-state index < -0.39 is 5.82 Å². The summed E-state index contributed by atoms with van der Waals surface area (Å²) in [5.74, 6) is 0.272. The zero-order valence-corrected chi connectivity index (χ0v) is 9.66. The summed E-state index contributed by atoms with van der Waals surface area (Å²) in [6.07, 6.45) is 2.04. The number of hydrogen-bond acceptors (Lipinski definition) is 2. The number of hydrogen-bond donors (Lipinski definition) is 0. The van der Waals surface area contributed by atoms with Crippen molar-refractivity contribution in [1.29, 1.82) is 5.26 Å². The van der Waals surface area contributed by atoms with Crippen molar-refractivity contribution in [2.45, 2.75) is 26.7 Å². The van der Waals surface area contributed by atoms with Gasteiger partial charge in [-0.2, -0.15) is 5.26 Å². The van der Waals surface area contributed by atoms with Crippen LogP contribution in [0, 0.1) is 23.1 Å². The van der Waals surface area contributed by atoms with Gasteiger partial charge in [0.25, 0.3) is 0 Å². The molecule has 0 amide bonds. The Bertz CT molecular complexity index is 380. The molecule has 0 saturated carbocycles. The van der Waals surface area contributed by atoms with Crippen LogP contribution < -0.4 is 4.74 Å². The van der Waals surface area contributed by atoms with Crippen molar-refractivity contribution in [3.63, 3.8) is 0 Å². The summed E-state index contributed by atoms with van der Waals surface area (Å²) in [6.45, 7) is 4.72. The SMILES string of the molecule is CCC(CC)COc1cccc(F)c1C#N. The summed E-state index contributed by atoms with van der Waals surface area (Å²) in [4.78, 5) is 0. The first kappa shape index (κ1) is 12.5. The highest BCUT2D eigenvalue weighted by molar-refractivity contribution is 5.43. The number of ether oxygens (including phenoxy) is 1. The first-order valence-corrected chi connectivity index (χ1v) is 5.54. The maximum Gasteiger partial charge on any atom is 0.144 e. The second-order valence-corrected chi connectivity index (χ2v) is 3.72. The van der Waals surface area contributed by atoms with Crippen molar-refractivity contribution in [2.75, 3.05) is 6.61 Å². The minimum absolute atomic E-state index is 0.00606. The average molecular weight is 221 g/mol. The molecule has 0 radical (unpaired) electrons. The Labute approximate surface area is 95.7 Å². The van der Waals surface area contributed by atoms with E-state index in [1.165, 1.54) is 6.07 Å². The van der Waals surface area contributed by atoms with E-state index in [0.717, 1.165) is 12.8 Å². The average Bonchev–Trinajstić information content (AvgIpc) is 2.30. The van der Waals surface area contributed by atoms with Crippen LogP contribution in [0.2, 0.25) is 0 Å². The summed E-state index contributed by atoms with van der Waals surface area (Å²) in [5, 5.41) is 8.81. The van der Waals surface area contributed by atoms with Gasteiger partial charge in [-0.3, -0.25) is 0 Å². The van der Waals surface area contributed by atoms with Crippen molar-refractivity contribution < 1.29 is 9.13 Å². The van der Waals surface area contributed by atoms with Crippen LogP contribution in [-0.2, 0) is 0 Å². The molecule has 2 nitrogen and oxygen atoms in total. The van der Waals surface area contributed by atoms with Crippen molar-refractivity contribution in [1.82, 2.24) is 0 Å². The molecule has 0 aliphatic carbocycles. The molecule has 0 heterocycles. The fourth-order valence-electron chi connectivity index (χ4n) is 1.47. The summed E-state index contributed by atoms with van der Waals surface area (Å²) in [5.41, 5.74) is -0.00606. The van der Waals surface area contributed by atoms with Crippen LogP contribution in [-0.4, -0.2) is 6.61 Å².